The topological polar surface area (TPSA) is 40.3 Å². The van der Waals surface area contributed by atoms with Crippen molar-refractivity contribution >= 4 is 34.5 Å². The number of aliphatic imine (C=N–C) groups is 1. The van der Waals surface area contributed by atoms with E-state index in [2.05, 4.69) is 22.8 Å². The lowest BCUT2D eigenvalue weighted by Gasteiger charge is -2.29. The third kappa shape index (κ3) is 2.27. The Morgan fingerprint density at radius 3 is 2.50 bits per heavy atom. The van der Waals surface area contributed by atoms with E-state index in [4.69, 9.17) is 16.6 Å². The van der Waals surface area contributed by atoms with Gasteiger partial charge in [0.15, 0.2) is 5.84 Å². The molecule has 0 radical (unpaired) electrons. The van der Waals surface area contributed by atoms with Gasteiger partial charge in [-0.25, -0.2) is 0 Å². The van der Waals surface area contributed by atoms with E-state index in [1.54, 1.807) is 0 Å². The van der Waals surface area contributed by atoms with E-state index in [0.29, 0.717) is 11.6 Å². The van der Waals surface area contributed by atoms with Gasteiger partial charge in [-0.2, -0.15) is 5.10 Å². The summed E-state index contributed by atoms with van der Waals surface area (Å²) in [6.45, 7) is 6.50. The van der Waals surface area contributed by atoms with Gasteiger partial charge < -0.3 is 0 Å². The number of hydrogen-bond acceptors (Lipinski definition) is 4. The van der Waals surface area contributed by atoms with E-state index >= 15 is 0 Å². The molecule has 0 spiro atoms. The lowest BCUT2D eigenvalue weighted by Crippen LogP contribution is -2.36. The first kappa shape index (κ1) is 14.8. The molecule has 0 unspecified atom stereocenters. The Morgan fingerprint density at radius 1 is 1.00 bits per heavy atom. The summed E-state index contributed by atoms with van der Waals surface area (Å²) in [6.07, 6.45) is 0. The minimum absolute atomic E-state index is 0.422. The Hall–Kier alpha value is -2.72. The smallest absolute Gasteiger partial charge is 0.158 e. The summed E-state index contributed by atoms with van der Waals surface area (Å²) in [4.78, 5) is 6.82. The molecule has 2 aromatic rings. The summed E-state index contributed by atoms with van der Waals surface area (Å²) >= 11 is 6.42. The molecule has 2 heterocycles. The van der Waals surface area contributed by atoms with Crippen LogP contribution < -0.4 is 4.90 Å². The van der Waals surface area contributed by atoms with Crippen molar-refractivity contribution in [2.45, 2.75) is 6.92 Å². The number of nitrogens with zero attached hydrogens (tertiary/aromatic N) is 4. The largest absolute Gasteiger partial charge is 0.293 e. The molecule has 0 saturated carbocycles. The van der Waals surface area contributed by atoms with E-state index in [9.17, 15) is 0 Å². The summed E-state index contributed by atoms with van der Waals surface area (Å²) in [5, 5.41) is 9.19. The molecule has 0 bridgehead atoms. The maximum Gasteiger partial charge on any atom is 0.158 e. The number of anilines is 1. The van der Waals surface area contributed by atoms with Gasteiger partial charge in [0.05, 0.1) is 22.8 Å². The van der Waals surface area contributed by atoms with Gasteiger partial charge in [0.2, 0.25) is 0 Å². The SMILES string of the molecule is C=C1C(C)=NN=C2CN=C(c3ccccc3Cl)c3ccccc3N12. The van der Waals surface area contributed by atoms with Crippen LogP contribution in [0.5, 0.6) is 0 Å². The number of rotatable bonds is 1. The second-order valence-corrected chi connectivity index (χ2v) is 6.05. The molecule has 2 aliphatic rings. The molecule has 4 nitrogen and oxygen atoms in total. The normalized spacial score (nSPS) is 16.5. The highest BCUT2D eigenvalue weighted by molar-refractivity contribution is 6.36. The van der Waals surface area contributed by atoms with Crippen LogP contribution in [0.2, 0.25) is 5.02 Å². The van der Waals surface area contributed by atoms with Crippen LogP contribution >= 0.6 is 11.6 Å². The van der Waals surface area contributed by atoms with Gasteiger partial charge in [0.25, 0.3) is 0 Å². The number of fused-ring (bicyclic) bond motifs is 3. The van der Waals surface area contributed by atoms with Crippen LogP contribution in [0.3, 0.4) is 0 Å². The number of amidine groups is 1. The molecule has 0 N–H and O–H groups in total. The van der Waals surface area contributed by atoms with Crippen LogP contribution in [0, 0.1) is 0 Å². The Labute approximate surface area is 145 Å². The number of para-hydroxylation sites is 1. The molecule has 118 valence electrons. The predicted octanol–water partition coefficient (Wildman–Crippen LogP) is 4.30. The fourth-order valence-electron chi connectivity index (χ4n) is 2.93. The maximum absolute atomic E-state index is 6.42. The first-order valence-corrected chi connectivity index (χ1v) is 8.04. The van der Waals surface area contributed by atoms with Crippen molar-refractivity contribution in [2.24, 2.45) is 15.2 Å². The second-order valence-electron chi connectivity index (χ2n) is 5.65. The molecule has 0 amide bonds. The van der Waals surface area contributed by atoms with E-state index in [0.717, 1.165) is 39.8 Å². The van der Waals surface area contributed by atoms with Crippen molar-refractivity contribution in [3.8, 4) is 0 Å². The minimum atomic E-state index is 0.422. The summed E-state index contributed by atoms with van der Waals surface area (Å²) in [5.74, 6) is 0.764. The maximum atomic E-state index is 6.42. The standard InChI is InChI=1S/C19H15ClN4/c1-12-13(2)24-17-10-6-4-8-15(17)19(21-11-18(24)23-22-12)14-7-3-5-9-16(14)20/h3-10H,2,11H2,1H3. The van der Waals surface area contributed by atoms with Crippen molar-refractivity contribution in [1.82, 2.24) is 0 Å². The molecule has 0 fully saturated rings. The first-order valence-electron chi connectivity index (χ1n) is 7.66. The van der Waals surface area contributed by atoms with Crippen LogP contribution in [-0.4, -0.2) is 23.8 Å². The predicted molar refractivity (Wildman–Crippen MR) is 101 cm³/mol. The van der Waals surface area contributed by atoms with Gasteiger partial charge in [-0.1, -0.05) is 54.6 Å². The van der Waals surface area contributed by atoms with Gasteiger partial charge in [-0.15, -0.1) is 5.10 Å². The Kier molecular flexibility index (Phi) is 3.54. The van der Waals surface area contributed by atoms with Crippen molar-refractivity contribution in [3.05, 3.63) is 77.0 Å². The average Bonchev–Trinajstić information content (AvgIpc) is 2.76. The highest BCUT2D eigenvalue weighted by Crippen LogP contribution is 2.32. The first-order chi connectivity index (χ1) is 11.7. The molecule has 2 aromatic carbocycles. The molecule has 0 aromatic heterocycles. The molecule has 2 aliphatic heterocycles. The van der Waals surface area contributed by atoms with Gasteiger partial charge in [0.1, 0.15) is 6.54 Å². The Balaban J connectivity index is 1.96. The molecule has 0 atom stereocenters. The summed E-state index contributed by atoms with van der Waals surface area (Å²) in [7, 11) is 0. The van der Waals surface area contributed by atoms with Crippen LogP contribution in [0.1, 0.15) is 18.1 Å². The minimum Gasteiger partial charge on any atom is -0.293 e. The fraction of sp³-hybridized carbons (Fsp3) is 0.105. The molecule has 0 aliphatic carbocycles. The Morgan fingerprint density at radius 2 is 1.71 bits per heavy atom. The van der Waals surface area contributed by atoms with Gasteiger partial charge in [-0.05, 0) is 19.1 Å². The number of allylic oxidation sites excluding steroid dienone is 1. The third-order valence-electron chi connectivity index (χ3n) is 4.17. The van der Waals surface area contributed by atoms with Gasteiger partial charge in [0, 0.05) is 16.1 Å². The van der Waals surface area contributed by atoms with Crippen LogP contribution in [0.15, 0.2) is 76.0 Å². The molecular weight excluding hydrogens is 320 g/mol. The molecule has 24 heavy (non-hydrogen) atoms. The zero-order valence-electron chi connectivity index (χ0n) is 13.2. The van der Waals surface area contributed by atoms with Crippen LogP contribution in [0.25, 0.3) is 0 Å². The summed E-state index contributed by atoms with van der Waals surface area (Å²) in [6, 6.07) is 15.8. The van der Waals surface area contributed by atoms with E-state index in [1.807, 2.05) is 54.3 Å². The molecular formula is C19H15ClN4. The number of hydrogen-bond donors (Lipinski definition) is 0. The third-order valence-corrected chi connectivity index (χ3v) is 4.50. The second kappa shape index (κ2) is 5.73. The van der Waals surface area contributed by atoms with Crippen molar-refractivity contribution < 1.29 is 0 Å². The number of halogens is 1. The summed E-state index contributed by atoms with van der Waals surface area (Å²) < 4.78 is 0. The van der Waals surface area contributed by atoms with Crippen molar-refractivity contribution in [1.29, 1.82) is 0 Å². The average molecular weight is 335 g/mol. The fourth-order valence-corrected chi connectivity index (χ4v) is 3.15. The van der Waals surface area contributed by atoms with E-state index in [1.165, 1.54) is 0 Å². The molecule has 0 saturated heterocycles. The number of benzene rings is 2. The zero-order chi connectivity index (χ0) is 16.7. The van der Waals surface area contributed by atoms with Gasteiger partial charge in [-0.3, -0.25) is 9.89 Å². The van der Waals surface area contributed by atoms with Crippen molar-refractivity contribution in [3.63, 3.8) is 0 Å². The van der Waals surface area contributed by atoms with E-state index in [-0.39, 0.29) is 0 Å². The monoisotopic (exact) mass is 334 g/mol. The lowest BCUT2D eigenvalue weighted by atomic mass is 10.00. The lowest BCUT2D eigenvalue weighted by molar-refractivity contribution is 1.09. The molecule has 5 heteroatoms. The summed E-state index contributed by atoms with van der Waals surface area (Å²) in [5.41, 5.74) is 5.39. The Bertz CT molecular complexity index is 940. The van der Waals surface area contributed by atoms with E-state index < -0.39 is 0 Å². The highest BCUT2D eigenvalue weighted by Gasteiger charge is 2.29. The van der Waals surface area contributed by atoms with Crippen LogP contribution in [0.4, 0.5) is 5.69 Å². The highest BCUT2D eigenvalue weighted by atomic mass is 35.5. The zero-order valence-corrected chi connectivity index (χ0v) is 14.0. The molecule has 4 rings (SSSR count). The van der Waals surface area contributed by atoms with Crippen LogP contribution in [-0.2, 0) is 0 Å². The quantitative estimate of drug-likeness (QED) is 0.766. The van der Waals surface area contributed by atoms with Crippen molar-refractivity contribution in [2.75, 3.05) is 11.4 Å². The van der Waals surface area contributed by atoms with Gasteiger partial charge >= 0.3 is 0 Å².